The Kier molecular flexibility index (Phi) is 10.6. The second-order valence-electron chi connectivity index (χ2n) is 16.6. The van der Waals surface area contributed by atoms with Crippen molar-refractivity contribution in [3.8, 4) is 101 Å². The number of hydrogen-bond donors (Lipinski definition) is 0. The van der Waals surface area contributed by atoms with Gasteiger partial charge in [0.1, 0.15) is 0 Å². The first-order valence-corrected chi connectivity index (χ1v) is 22.2. The average molecular weight is 846 g/mol. The van der Waals surface area contributed by atoms with E-state index in [9.17, 15) is 0 Å². The van der Waals surface area contributed by atoms with E-state index in [4.69, 9.17) is 24.9 Å². The second kappa shape index (κ2) is 17.5. The van der Waals surface area contributed by atoms with Crippen LogP contribution in [0, 0.1) is 13.8 Å². The van der Waals surface area contributed by atoms with E-state index in [0.29, 0.717) is 11.6 Å². The smallest absolute Gasteiger partial charge is 0.160 e. The normalized spacial score (nSPS) is 11.2. The molecule has 66 heavy (non-hydrogen) atoms. The minimum absolute atomic E-state index is 0.670. The fraction of sp³-hybridized carbons (Fsp3) is 0.0328. The number of nitrogens with zero attached hydrogens (tertiary/aromatic N) is 5. The third-order valence-corrected chi connectivity index (χ3v) is 12.0. The molecule has 0 bridgehead atoms. The lowest BCUT2D eigenvalue weighted by Gasteiger charge is -2.16. The Morgan fingerprint density at radius 3 is 1.30 bits per heavy atom. The summed E-state index contributed by atoms with van der Waals surface area (Å²) in [6, 6.07) is 78.4. The maximum atomic E-state index is 5.24. The summed E-state index contributed by atoms with van der Waals surface area (Å²) < 4.78 is 0. The van der Waals surface area contributed by atoms with Crippen molar-refractivity contribution in [2.45, 2.75) is 13.8 Å². The van der Waals surface area contributed by atoms with Crippen LogP contribution in [0.1, 0.15) is 11.4 Å². The molecule has 0 aliphatic carbocycles. The molecule has 0 fully saturated rings. The summed E-state index contributed by atoms with van der Waals surface area (Å²) in [6.07, 6.45) is 0. The SMILES string of the molecule is Cc1cc(-c2ccc(-c3cccc(-c4nc(-c5ccccc5)cc(-c5ccc6ccccc6c5)n4)c3)cc2-c2cccc(-c3cc(-c4ccccc4)nc(-c4ccccc4)n3)c2)cc(C)n1. The maximum absolute atomic E-state index is 5.24. The molecule has 11 aromatic rings. The van der Waals surface area contributed by atoms with Gasteiger partial charge in [-0.1, -0.05) is 176 Å². The Labute approximate surface area is 384 Å². The van der Waals surface area contributed by atoms with Crippen LogP contribution in [0.25, 0.3) is 112 Å². The van der Waals surface area contributed by atoms with Crippen molar-refractivity contribution < 1.29 is 0 Å². The molecule has 0 saturated heterocycles. The van der Waals surface area contributed by atoms with E-state index in [-0.39, 0.29) is 0 Å². The number of fused-ring (bicyclic) bond motifs is 1. The molecule has 3 heterocycles. The van der Waals surface area contributed by atoms with Gasteiger partial charge in [0.05, 0.1) is 22.8 Å². The quantitative estimate of drug-likeness (QED) is 0.145. The highest BCUT2D eigenvalue weighted by Crippen LogP contribution is 2.39. The average Bonchev–Trinajstić information content (AvgIpc) is 3.38. The molecule has 0 N–H and O–H groups in total. The molecule has 8 aromatic carbocycles. The van der Waals surface area contributed by atoms with E-state index in [1.807, 2.05) is 42.5 Å². The monoisotopic (exact) mass is 845 g/mol. The van der Waals surface area contributed by atoms with Gasteiger partial charge < -0.3 is 0 Å². The molecule has 11 rings (SSSR count). The number of benzene rings is 8. The number of hydrogen-bond acceptors (Lipinski definition) is 5. The molecule has 0 aliphatic rings. The lowest BCUT2D eigenvalue weighted by molar-refractivity contribution is 1.12. The number of aryl methyl sites for hydroxylation is 2. The summed E-state index contributed by atoms with van der Waals surface area (Å²) in [5.74, 6) is 1.36. The minimum Gasteiger partial charge on any atom is -0.258 e. The van der Waals surface area contributed by atoms with Crippen LogP contribution in [0.15, 0.2) is 224 Å². The first-order valence-electron chi connectivity index (χ1n) is 22.2. The van der Waals surface area contributed by atoms with Gasteiger partial charge in [0.25, 0.3) is 0 Å². The molecule has 0 amide bonds. The van der Waals surface area contributed by atoms with Crippen LogP contribution in [0.3, 0.4) is 0 Å². The molecule has 0 spiro atoms. The first kappa shape index (κ1) is 40.1. The van der Waals surface area contributed by atoms with Gasteiger partial charge in [-0.25, -0.2) is 19.9 Å². The van der Waals surface area contributed by atoms with Crippen molar-refractivity contribution in [1.82, 2.24) is 24.9 Å². The standard InChI is InChI=1S/C61H43N5/c1-40-32-53(33-41(2)62-40)54-31-30-48(37-55(54)49-25-15-26-50(36-49)58-38-56(43-17-6-3-7-18-43)63-60(65-58)45-21-10-5-11-22-45)47-24-14-27-52(35-47)61-64-57(44-19-8-4-9-20-44)39-59(66-61)51-29-28-42-16-12-13-23-46(42)34-51/h3-39H,1-2H3. The van der Waals surface area contributed by atoms with Gasteiger partial charge in [-0.3, -0.25) is 4.98 Å². The molecule has 0 aliphatic heterocycles. The number of rotatable bonds is 9. The number of pyridine rings is 1. The highest BCUT2D eigenvalue weighted by atomic mass is 14.9. The van der Waals surface area contributed by atoms with Gasteiger partial charge >= 0.3 is 0 Å². The van der Waals surface area contributed by atoms with Gasteiger partial charge in [0.15, 0.2) is 11.6 Å². The van der Waals surface area contributed by atoms with Crippen molar-refractivity contribution in [2.24, 2.45) is 0 Å². The van der Waals surface area contributed by atoms with Crippen LogP contribution in [-0.4, -0.2) is 24.9 Å². The molecule has 0 saturated carbocycles. The Morgan fingerprint density at radius 2 is 0.667 bits per heavy atom. The van der Waals surface area contributed by atoms with Crippen LogP contribution in [0.2, 0.25) is 0 Å². The summed E-state index contributed by atoms with van der Waals surface area (Å²) in [7, 11) is 0. The van der Waals surface area contributed by atoms with Crippen LogP contribution in [0.5, 0.6) is 0 Å². The molecule has 5 heteroatoms. The second-order valence-corrected chi connectivity index (χ2v) is 16.6. The lowest BCUT2D eigenvalue weighted by atomic mass is 9.89. The van der Waals surface area contributed by atoms with Crippen molar-refractivity contribution >= 4 is 10.8 Å². The Hall–Kier alpha value is -8.67. The summed E-state index contributed by atoms with van der Waals surface area (Å²) in [5, 5.41) is 2.37. The van der Waals surface area contributed by atoms with Gasteiger partial charge in [-0.05, 0) is 107 Å². The molecular weight excluding hydrogens is 803 g/mol. The third-order valence-electron chi connectivity index (χ3n) is 12.0. The number of aromatic nitrogens is 5. The fourth-order valence-corrected chi connectivity index (χ4v) is 8.79. The van der Waals surface area contributed by atoms with Crippen molar-refractivity contribution in [1.29, 1.82) is 0 Å². The van der Waals surface area contributed by atoms with E-state index < -0.39 is 0 Å². The molecule has 3 aromatic heterocycles. The van der Waals surface area contributed by atoms with Crippen molar-refractivity contribution in [3.05, 3.63) is 236 Å². The third kappa shape index (κ3) is 8.29. The Bertz CT molecular complexity index is 3470. The Morgan fingerprint density at radius 1 is 0.227 bits per heavy atom. The largest absolute Gasteiger partial charge is 0.258 e. The van der Waals surface area contributed by atoms with Crippen LogP contribution in [-0.2, 0) is 0 Å². The minimum atomic E-state index is 0.670. The summed E-state index contributed by atoms with van der Waals surface area (Å²) in [5.41, 5.74) is 18.0. The van der Waals surface area contributed by atoms with Gasteiger partial charge in [-0.2, -0.15) is 0 Å². The molecule has 0 atom stereocenters. The Balaban J connectivity index is 1.04. The van der Waals surface area contributed by atoms with Gasteiger partial charge in [0, 0.05) is 44.8 Å². The van der Waals surface area contributed by atoms with Crippen LogP contribution >= 0.6 is 0 Å². The highest BCUT2D eigenvalue weighted by molar-refractivity contribution is 5.90. The predicted molar refractivity (Wildman–Crippen MR) is 271 cm³/mol. The van der Waals surface area contributed by atoms with E-state index in [2.05, 4.69) is 196 Å². The molecule has 0 radical (unpaired) electrons. The molecule has 0 unspecified atom stereocenters. The van der Waals surface area contributed by atoms with Gasteiger partial charge in [0.2, 0.25) is 0 Å². The highest BCUT2D eigenvalue weighted by Gasteiger charge is 2.17. The zero-order valence-electron chi connectivity index (χ0n) is 36.6. The summed E-state index contributed by atoms with van der Waals surface area (Å²) >= 11 is 0. The topological polar surface area (TPSA) is 64.5 Å². The van der Waals surface area contributed by atoms with Gasteiger partial charge in [-0.15, -0.1) is 0 Å². The van der Waals surface area contributed by atoms with Crippen LogP contribution in [0.4, 0.5) is 0 Å². The van der Waals surface area contributed by atoms with Crippen LogP contribution < -0.4 is 0 Å². The molecule has 312 valence electrons. The lowest BCUT2D eigenvalue weighted by Crippen LogP contribution is -1.97. The molecular formula is C61H43N5. The first-order chi connectivity index (χ1) is 32.5. The van der Waals surface area contributed by atoms with Crippen molar-refractivity contribution in [3.63, 3.8) is 0 Å². The maximum Gasteiger partial charge on any atom is 0.160 e. The van der Waals surface area contributed by atoms with E-state index in [0.717, 1.165) is 101 Å². The van der Waals surface area contributed by atoms with E-state index >= 15 is 0 Å². The predicted octanol–water partition coefficient (Wildman–Crippen LogP) is 15.4. The zero-order chi connectivity index (χ0) is 44.4. The summed E-state index contributed by atoms with van der Waals surface area (Å²) in [4.78, 5) is 25.4. The van der Waals surface area contributed by atoms with Crippen molar-refractivity contribution in [2.75, 3.05) is 0 Å². The zero-order valence-corrected chi connectivity index (χ0v) is 36.6. The summed E-state index contributed by atoms with van der Waals surface area (Å²) in [6.45, 7) is 4.11. The van der Waals surface area contributed by atoms with E-state index in [1.54, 1.807) is 0 Å². The fourth-order valence-electron chi connectivity index (χ4n) is 8.79. The molecule has 5 nitrogen and oxygen atoms in total. The van der Waals surface area contributed by atoms with E-state index in [1.165, 1.54) is 10.8 Å².